The van der Waals surface area contributed by atoms with Crippen LogP contribution in [0.3, 0.4) is 0 Å². The Bertz CT molecular complexity index is 428. The van der Waals surface area contributed by atoms with Crippen LogP contribution in [0.2, 0.25) is 0 Å². The van der Waals surface area contributed by atoms with E-state index in [-0.39, 0.29) is 0 Å². The van der Waals surface area contributed by atoms with Gasteiger partial charge in [0.1, 0.15) is 11.5 Å². The van der Waals surface area contributed by atoms with Gasteiger partial charge in [0.05, 0.1) is 0 Å². The molecule has 0 atom stereocenters. The topological polar surface area (TPSA) is 26.0 Å². The van der Waals surface area contributed by atoms with Crippen LogP contribution in [0, 0.1) is 13.8 Å². The van der Waals surface area contributed by atoms with Gasteiger partial charge in [-0.05, 0) is 13.3 Å². The minimum absolute atomic E-state index is 0.836. The van der Waals surface area contributed by atoms with Gasteiger partial charge in [-0.15, -0.1) is 0 Å². The number of hydrogen-bond acceptors (Lipinski definition) is 2. The van der Waals surface area contributed by atoms with E-state index < -0.39 is 0 Å². The highest BCUT2D eigenvalue weighted by Gasteiger charge is 2.04. The second-order valence-corrected chi connectivity index (χ2v) is 3.65. The molecule has 1 aromatic heterocycles. The monoisotopic (exact) mass is 200 g/mol. The lowest BCUT2D eigenvalue weighted by molar-refractivity contribution is 0.386. The van der Waals surface area contributed by atoms with Crippen LogP contribution in [0.25, 0.3) is 11.3 Å². The van der Waals surface area contributed by atoms with Crippen molar-refractivity contribution in [2.45, 2.75) is 19.8 Å². The summed E-state index contributed by atoms with van der Waals surface area (Å²) in [5.74, 6) is 0.903. The lowest BCUT2D eigenvalue weighted by atomic mass is 10.1. The summed E-state index contributed by atoms with van der Waals surface area (Å²) in [6.45, 7) is 5.86. The maximum absolute atomic E-state index is 5.20. The SMILES string of the molecule is [CH2]CCc1cc(-c2ccc(C)cc2)no1. The largest absolute Gasteiger partial charge is 0.361 e. The van der Waals surface area contributed by atoms with Crippen LogP contribution in [0.15, 0.2) is 34.9 Å². The van der Waals surface area contributed by atoms with Crippen molar-refractivity contribution >= 4 is 0 Å². The molecule has 0 spiro atoms. The number of aryl methyl sites for hydroxylation is 2. The average Bonchev–Trinajstić information content (AvgIpc) is 2.68. The second kappa shape index (κ2) is 4.30. The Kier molecular flexibility index (Phi) is 2.86. The third-order valence-electron chi connectivity index (χ3n) is 2.33. The molecule has 0 aliphatic heterocycles. The van der Waals surface area contributed by atoms with Crippen LogP contribution in [0.4, 0.5) is 0 Å². The van der Waals surface area contributed by atoms with Gasteiger partial charge < -0.3 is 4.52 Å². The predicted molar refractivity (Wildman–Crippen MR) is 60.4 cm³/mol. The van der Waals surface area contributed by atoms with Crippen LogP contribution >= 0.6 is 0 Å². The normalized spacial score (nSPS) is 10.5. The lowest BCUT2D eigenvalue weighted by Crippen LogP contribution is -1.77. The smallest absolute Gasteiger partial charge is 0.137 e. The fourth-order valence-electron chi connectivity index (χ4n) is 1.47. The molecule has 0 amide bonds. The molecule has 0 saturated heterocycles. The van der Waals surface area contributed by atoms with Crippen LogP contribution in [0.1, 0.15) is 17.7 Å². The summed E-state index contributed by atoms with van der Waals surface area (Å²) < 4.78 is 5.20. The van der Waals surface area contributed by atoms with Gasteiger partial charge in [-0.2, -0.15) is 0 Å². The average molecular weight is 200 g/mol. The zero-order valence-corrected chi connectivity index (χ0v) is 8.86. The molecule has 77 valence electrons. The Morgan fingerprint density at radius 1 is 1.27 bits per heavy atom. The van der Waals surface area contributed by atoms with E-state index >= 15 is 0 Å². The van der Waals surface area contributed by atoms with E-state index in [1.807, 2.05) is 6.07 Å². The highest BCUT2D eigenvalue weighted by atomic mass is 16.5. The van der Waals surface area contributed by atoms with Crippen molar-refractivity contribution in [1.29, 1.82) is 0 Å². The highest BCUT2D eigenvalue weighted by molar-refractivity contribution is 5.59. The van der Waals surface area contributed by atoms with Gasteiger partial charge in [-0.1, -0.05) is 41.9 Å². The molecule has 2 heteroatoms. The quantitative estimate of drug-likeness (QED) is 0.758. The number of aromatic nitrogens is 1. The van der Waals surface area contributed by atoms with E-state index in [9.17, 15) is 0 Å². The molecule has 0 fully saturated rings. The molecule has 0 saturated carbocycles. The van der Waals surface area contributed by atoms with E-state index in [1.165, 1.54) is 5.56 Å². The highest BCUT2D eigenvalue weighted by Crippen LogP contribution is 2.19. The van der Waals surface area contributed by atoms with Crippen LogP contribution in [-0.2, 0) is 6.42 Å². The first kappa shape index (κ1) is 9.97. The summed E-state index contributed by atoms with van der Waals surface area (Å²) in [4.78, 5) is 0. The number of benzene rings is 1. The van der Waals surface area contributed by atoms with Crippen molar-refractivity contribution in [1.82, 2.24) is 5.16 Å². The van der Waals surface area contributed by atoms with E-state index in [0.29, 0.717) is 0 Å². The molecule has 0 aliphatic rings. The fraction of sp³-hybridized carbons (Fsp3) is 0.231. The first-order valence-corrected chi connectivity index (χ1v) is 5.11. The van der Waals surface area contributed by atoms with E-state index in [1.54, 1.807) is 0 Å². The molecule has 1 radical (unpaired) electrons. The molecular formula is C13H14NO. The Labute approximate surface area is 89.9 Å². The summed E-state index contributed by atoms with van der Waals surface area (Å²) in [6, 6.07) is 10.2. The molecule has 15 heavy (non-hydrogen) atoms. The fourth-order valence-corrected chi connectivity index (χ4v) is 1.47. The van der Waals surface area contributed by atoms with Gasteiger partial charge in [0.2, 0.25) is 0 Å². The van der Waals surface area contributed by atoms with Crippen molar-refractivity contribution < 1.29 is 4.52 Å². The van der Waals surface area contributed by atoms with E-state index in [4.69, 9.17) is 4.52 Å². The zero-order chi connectivity index (χ0) is 10.7. The Morgan fingerprint density at radius 3 is 2.67 bits per heavy atom. The van der Waals surface area contributed by atoms with E-state index in [2.05, 4.69) is 43.3 Å². The molecule has 0 aliphatic carbocycles. The first-order valence-electron chi connectivity index (χ1n) is 5.11. The second-order valence-electron chi connectivity index (χ2n) is 3.65. The maximum Gasteiger partial charge on any atom is 0.137 e. The van der Waals surface area contributed by atoms with Crippen molar-refractivity contribution in [3.63, 3.8) is 0 Å². The molecule has 0 unspecified atom stereocenters. The Morgan fingerprint density at radius 2 is 2.00 bits per heavy atom. The molecular weight excluding hydrogens is 186 g/mol. The van der Waals surface area contributed by atoms with Gasteiger partial charge in [0.15, 0.2) is 0 Å². The number of hydrogen-bond donors (Lipinski definition) is 0. The molecule has 2 nitrogen and oxygen atoms in total. The lowest BCUT2D eigenvalue weighted by Gasteiger charge is -1.95. The van der Waals surface area contributed by atoms with Gasteiger partial charge in [0.25, 0.3) is 0 Å². The molecule has 1 heterocycles. The van der Waals surface area contributed by atoms with Gasteiger partial charge in [-0.3, -0.25) is 0 Å². The number of rotatable bonds is 3. The Hall–Kier alpha value is -1.57. The van der Waals surface area contributed by atoms with Gasteiger partial charge >= 0.3 is 0 Å². The van der Waals surface area contributed by atoms with E-state index in [0.717, 1.165) is 29.9 Å². The van der Waals surface area contributed by atoms with Crippen molar-refractivity contribution in [3.05, 3.63) is 48.6 Å². The summed E-state index contributed by atoms with van der Waals surface area (Å²) in [5.41, 5.74) is 3.25. The Balaban J connectivity index is 2.25. The van der Waals surface area contributed by atoms with Gasteiger partial charge in [-0.25, -0.2) is 0 Å². The van der Waals surface area contributed by atoms with Crippen molar-refractivity contribution in [2.75, 3.05) is 0 Å². The van der Waals surface area contributed by atoms with Crippen LogP contribution in [-0.4, -0.2) is 5.16 Å². The van der Waals surface area contributed by atoms with Crippen LogP contribution < -0.4 is 0 Å². The molecule has 2 aromatic rings. The third-order valence-corrected chi connectivity index (χ3v) is 2.33. The minimum Gasteiger partial charge on any atom is -0.361 e. The van der Waals surface area contributed by atoms with Gasteiger partial charge in [0, 0.05) is 18.1 Å². The summed E-state index contributed by atoms with van der Waals surface area (Å²) in [7, 11) is 0. The van der Waals surface area contributed by atoms with Crippen LogP contribution in [0.5, 0.6) is 0 Å². The standard InChI is InChI=1S/C13H14NO/c1-3-4-12-9-13(14-15-12)11-7-5-10(2)6-8-11/h5-9H,1,3-4H2,2H3. The minimum atomic E-state index is 0.836. The third kappa shape index (κ3) is 2.27. The summed E-state index contributed by atoms with van der Waals surface area (Å²) >= 11 is 0. The first-order chi connectivity index (χ1) is 7.29. The van der Waals surface area contributed by atoms with Crippen molar-refractivity contribution in [3.8, 4) is 11.3 Å². The van der Waals surface area contributed by atoms with Crippen molar-refractivity contribution in [2.24, 2.45) is 0 Å². The molecule has 0 N–H and O–H groups in total. The molecule has 1 aromatic carbocycles. The predicted octanol–water partition coefficient (Wildman–Crippen LogP) is 3.42. The molecule has 2 rings (SSSR count). The summed E-state index contributed by atoms with van der Waals surface area (Å²) in [5, 5.41) is 4.03. The maximum atomic E-state index is 5.20. The molecule has 0 bridgehead atoms. The zero-order valence-electron chi connectivity index (χ0n) is 8.86. The summed E-state index contributed by atoms with van der Waals surface area (Å²) in [6.07, 6.45) is 1.68. The number of nitrogens with zero attached hydrogens (tertiary/aromatic N) is 1.